The molecule has 0 spiro atoms. The van der Waals surface area contributed by atoms with Gasteiger partial charge in [-0.3, -0.25) is 0 Å². The second-order valence-electron chi connectivity index (χ2n) is 2.19. The maximum Gasteiger partial charge on any atom is 0.311 e. The third kappa shape index (κ3) is 1.45. The molecule has 0 aliphatic rings. The lowest BCUT2D eigenvalue weighted by Crippen LogP contribution is -1.79. The van der Waals surface area contributed by atoms with E-state index in [1.54, 1.807) is 0 Å². The molecule has 1 heterocycles. The van der Waals surface area contributed by atoms with Gasteiger partial charge in [0.1, 0.15) is 11.9 Å². The summed E-state index contributed by atoms with van der Waals surface area (Å²) >= 11 is 0. The second kappa shape index (κ2) is 3.09. The van der Waals surface area contributed by atoms with Crippen LogP contribution in [0.4, 0.5) is 0 Å². The molecule has 1 radical (unpaired) electrons. The minimum Gasteiger partial charge on any atom is -0.425 e. The standard InChI is InChI=1S/C9H6NO2/c1-2-4-8(5-3-1)12-9-6-10-7-11-9/h1-6H. The molecule has 2 aromatic rings. The van der Waals surface area contributed by atoms with E-state index in [-0.39, 0.29) is 0 Å². The fraction of sp³-hybridized carbons (Fsp3) is 0. The first-order chi connectivity index (χ1) is 5.95. The van der Waals surface area contributed by atoms with Crippen LogP contribution in [0.5, 0.6) is 11.7 Å². The molecule has 12 heavy (non-hydrogen) atoms. The number of rotatable bonds is 2. The molecule has 1 aromatic heterocycles. The van der Waals surface area contributed by atoms with Crippen molar-refractivity contribution in [1.29, 1.82) is 0 Å². The number of benzene rings is 1. The summed E-state index contributed by atoms with van der Waals surface area (Å²) in [5.74, 6) is 1.07. The van der Waals surface area contributed by atoms with Crippen molar-refractivity contribution in [3.63, 3.8) is 0 Å². The Hall–Kier alpha value is -1.77. The van der Waals surface area contributed by atoms with Gasteiger partial charge >= 0.3 is 5.95 Å². The van der Waals surface area contributed by atoms with Crippen LogP contribution in [0.15, 0.2) is 40.9 Å². The first-order valence-electron chi connectivity index (χ1n) is 3.50. The first kappa shape index (κ1) is 6.91. The quantitative estimate of drug-likeness (QED) is 0.675. The molecule has 59 valence electrons. The van der Waals surface area contributed by atoms with Crippen LogP contribution in [0.2, 0.25) is 0 Å². The molecule has 0 fully saturated rings. The van der Waals surface area contributed by atoms with Crippen molar-refractivity contribution in [1.82, 2.24) is 4.98 Å². The zero-order chi connectivity index (χ0) is 8.23. The molecule has 3 nitrogen and oxygen atoms in total. The van der Waals surface area contributed by atoms with Gasteiger partial charge in [-0.1, -0.05) is 18.2 Å². The van der Waals surface area contributed by atoms with Gasteiger partial charge in [-0.2, -0.15) is 0 Å². The Kier molecular flexibility index (Phi) is 1.78. The van der Waals surface area contributed by atoms with Crippen LogP contribution in [0.3, 0.4) is 0 Å². The van der Waals surface area contributed by atoms with Crippen molar-refractivity contribution in [2.45, 2.75) is 0 Å². The highest BCUT2D eigenvalue weighted by Gasteiger charge is 1.97. The molecular formula is C9H6NO2. The Bertz CT molecular complexity index is 329. The van der Waals surface area contributed by atoms with E-state index in [1.165, 1.54) is 6.20 Å². The SMILES string of the molecule is [c]1ncc(Oc2ccccc2)o1. The van der Waals surface area contributed by atoms with Gasteiger partial charge in [0.15, 0.2) is 0 Å². The zero-order valence-electron chi connectivity index (χ0n) is 6.23. The molecule has 0 N–H and O–H groups in total. The Balaban J connectivity index is 2.15. The average molecular weight is 160 g/mol. The fourth-order valence-electron chi connectivity index (χ4n) is 0.829. The Morgan fingerprint density at radius 3 is 2.75 bits per heavy atom. The Labute approximate surface area is 69.6 Å². The van der Waals surface area contributed by atoms with Gasteiger partial charge in [0.2, 0.25) is 0 Å². The molecule has 1 aromatic carbocycles. The van der Waals surface area contributed by atoms with E-state index in [9.17, 15) is 0 Å². The van der Waals surface area contributed by atoms with E-state index < -0.39 is 0 Å². The monoisotopic (exact) mass is 160 g/mol. The van der Waals surface area contributed by atoms with Crippen molar-refractivity contribution in [2.24, 2.45) is 0 Å². The number of hydrogen-bond donors (Lipinski definition) is 0. The highest BCUT2D eigenvalue weighted by atomic mass is 16.6. The van der Waals surface area contributed by atoms with Crippen molar-refractivity contribution < 1.29 is 9.15 Å². The number of para-hydroxylation sites is 1. The molecule has 0 bridgehead atoms. The smallest absolute Gasteiger partial charge is 0.311 e. The molecule has 0 aliphatic carbocycles. The summed E-state index contributed by atoms with van der Waals surface area (Å²) in [7, 11) is 0. The van der Waals surface area contributed by atoms with Gasteiger partial charge in [-0.15, -0.1) is 0 Å². The first-order valence-corrected chi connectivity index (χ1v) is 3.50. The summed E-state index contributed by atoms with van der Waals surface area (Å²) in [5, 5.41) is 0. The number of oxazole rings is 1. The van der Waals surface area contributed by atoms with E-state index in [1.807, 2.05) is 30.3 Å². The summed E-state index contributed by atoms with van der Waals surface area (Å²) < 4.78 is 10.0. The van der Waals surface area contributed by atoms with Crippen LogP contribution in [0.1, 0.15) is 0 Å². The normalized spacial score (nSPS) is 9.67. The highest BCUT2D eigenvalue weighted by molar-refractivity contribution is 5.24. The van der Waals surface area contributed by atoms with Crippen LogP contribution >= 0.6 is 0 Å². The minimum atomic E-state index is 0.348. The number of ether oxygens (including phenoxy) is 1. The number of nitrogens with zero attached hydrogens (tertiary/aromatic N) is 1. The largest absolute Gasteiger partial charge is 0.425 e. The summed E-state index contributed by atoms with van der Waals surface area (Å²) in [4.78, 5) is 3.60. The maximum absolute atomic E-state index is 5.26. The molecule has 3 heteroatoms. The lowest BCUT2D eigenvalue weighted by atomic mass is 10.3. The van der Waals surface area contributed by atoms with Crippen LogP contribution in [-0.2, 0) is 0 Å². The summed E-state index contributed by atoms with van der Waals surface area (Å²) in [6.45, 7) is 0. The molecule has 0 unspecified atom stereocenters. The van der Waals surface area contributed by atoms with E-state index in [0.717, 1.165) is 5.75 Å². The number of aromatic nitrogens is 1. The highest BCUT2D eigenvalue weighted by Crippen LogP contribution is 2.18. The topological polar surface area (TPSA) is 35.3 Å². The Morgan fingerprint density at radius 1 is 1.25 bits per heavy atom. The third-order valence-electron chi connectivity index (χ3n) is 1.33. The van der Waals surface area contributed by atoms with Crippen molar-refractivity contribution >= 4 is 0 Å². The molecule has 0 amide bonds. The average Bonchev–Trinajstić information content (AvgIpc) is 2.59. The predicted molar refractivity (Wildman–Crippen MR) is 41.9 cm³/mol. The van der Waals surface area contributed by atoms with Crippen molar-refractivity contribution in [2.75, 3.05) is 0 Å². The van der Waals surface area contributed by atoms with E-state index in [0.29, 0.717) is 5.95 Å². The van der Waals surface area contributed by atoms with E-state index >= 15 is 0 Å². The Morgan fingerprint density at radius 2 is 2.08 bits per heavy atom. The van der Waals surface area contributed by atoms with Crippen LogP contribution < -0.4 is 4.74 Å². The lowest BCUT2D eigenvalue weighted by Gasteiger charge is -1.98. The zero-order valence-corrected chi connectivity index (χ0v) is 6.23. The van der Waals surface area contributed by atoms with Gasteiger partial charge < -0.3 is 9.15 Å². The van der Waals surface area contributed by atoms with Gasteiger partial charge in [0.25, 0.3) is 6.39 Å². The molecule has 0 saturated carbocycles. The van der Waals surface area contributed by atoms with Gasteiger partial charge in [0.05, 0.1) is 0 Å². The van der Waals surface area contributed by atoms with Crippen LogP contribution in [-0.4, -0.2) is 4.98 Å². The molecular weight excluding hydrogens is 154 g/mol. The third-order valence-corrected chi connectivity index (χ3v) is 1.33. The van der Waals surface area contributed by atoms with Crippen molar-refractivity contribution in [3.8, 4) is 11.7 Å². The number of hydrogen-bond acceptors (Lipinski definition) is 3. The van der Waals surface area contributed by atoms with Crippen LogP contribution in [0, 0.1) is 6.39 Å². The molecule has 0 atom stereocenters. The van der Waals surface area contributed by atoms with Gasteiger partial charge in [0, 0.05) is 0 Å². The summed E-state index contributed by atoms with van der Waals surface area (Å²) in [5.41, 5.74) is 0. The van der Waals surface area contributed by atoms with Gasteiger partial charge in [-0.05, 0) is 12.1 Å². The minimum absolute atomic E-state index is 0.348. The molecule has 0 saturated heterocycles. The summed E-state index contributed by atoms with van der Waals surface area (Å²) in [6.07, 6.45) is 3.77. The van der Waals surface area contributed by atoms with Crippen molar-refractivity contribution in [3.05, 3.63) is 42.9 Å². The van der Waals surface area contributed by atoms with E-state index in [2.05, 4.69) is 11.4 Å². The van der Waals surface area contributed by atoms with E-state index in [4.69, 9.17) is 9.15 Å². The fourth-order valence-corrected chi connectivity index (χ4v) is 0.829. The van der Waals surface area contributed by atoms with Gasteiger partial charge in [-0.25, -0.2) is 4.98 Å². The summed E-state index contributed by atoms with van der Waals surface area (Å²) in [6, 6.07) is 9.36. The molecule has 2 rings (SSSR count). The molecule has 0 aliphatic heterocycles. The lowest BCUT2D eigenvalue weighted by molar-refractivity contribution is 0.343. The van der Waals surface area contributed by atoms with Crippen LogP contribution in [0.25, 0.3) is 0 Å². The maximum atomic E-state index is 5.26. The predicted octanol–water partition coefficient (Wildman–Crippen LogP) is 2.27. The second-order valence-corrected chi connectivity index (χ2v) is 2.19.